The van der Waals surface area contributed by atoms with Crippen molar-refractivity contribution in [2.75, 3.05) is 41.6 Å². The highest BCUT2D eigenvalue weighted by molar-refractivity contribution is 6.01. The second-order valence-electron chi connectivity index (χ2n) is 7.10. The van der Waals surface area contributed by atoms with Crippen LogP contribution in [-0.2, 0) is 20.9 Å². The van der Waals surface area contributed by atoms with Crippen molar-refractivity contribution >= 4 is 11.6 Å². The Hall–Kier alpha value is -3.26. The van der Waals surface area contributed by atoms with E-state index in [4.69, 9.17) is 23.8 Å². The molecule has 3 rings (SSSR count). The standard InChI is InChI=1S/C23H28N2O6/c1-27-15-23(26)25(13-16-6-5-7-18(10-16)28-2)14-19-12-20(24-31-19)17-8-9-21(29-3)22(11-17)30-4/h5-11,19H,12-15H2,1-4H3/t19-/m1/s1. The van der Waals surface area contributed by atoms with Crippen molar-refractivity contribution in [1.29, 1.82) is 0 Å². The summed E-state index contributed by atoms with van der Waals surface area (Å²) in [6.07, 6.45) is 0.319. The maximum Gasteiger partial charge on any atom is 0.248 e. The summed E-state index contributed by atoms with van der Waals surface area (Å²) >= 11 is 0. The van der Waals surface area contributed by atoms with E-state index in [2.05, 4.69) is 5.16 Å². The third-order valence-electron chi connectivity index (χ3n) is 5.00. The van der Waals surface area contributed by atoms with Gasteiger partial charge < -0.3 is 28.7 Å². The topological polar surface area (TPSA) is 78.8 Å². The lowest BCUT2D eigenvalue weighted by Gasteiger charge is -2.25. The van der Waals surface area contributed by atoms with Gasteiger partial charge in [-0.05, 0) is 35.9 Å². The lowest BCUT2D eigenvalue weighted by molar-refractivity contribution is -0.137. The van der Waals surface area contributed by atoms with E-state index < -0.39 is 0 Å². The number of carbonyl (C=O) groups is 1. The van der Waals surface area contributed by atoms with E-state index in [-0.39, 0.29) is 18.6 Å². The van der Waals surface area contributed by atoms with Gasteiger partial charge in [0.25, 0.3) is 0 Å². The summed E-state index contributed by atoms with van der Waals surface area (Å²) in [5.74, 6) is 1.90. The molecule has 1 aliphatic rings. The molecule has 0 aromatic heterocycles. The highest BCUT2D eigenvalue weighted by Gasteiger charge is 2.27. The average molecular weight is 428 g/mol. The van der Waals surface area contributed by atoms with Crippen LogP contribution in [0, 0.1) is 0 Å². The number of ether oxygens (including phenoxy) is 4. The number of hydrogen-bond acceptors (Lipinski definition) is 7. The molecule has 0 radical (unpaired) electrons. The minimum atomic E-state index is -0.255. The Morgan fingerprint density at radius 2 is 1.87 bits per heavy atom. The van der Waals surface area contributed by atoms with Crippen LogP contribution in [0.3, 0.4) is 0 Å². The third-order valence-corrected chi connectivity index (χ3v) is 5.00. The molecule has 31 heavy (non-hydrogen) atoms. The largest absolute Gasteiger partial charge is 0.497 e. The van der Waals surface area contributed by atoms with Gasteiger partial charge in [0.15, 0.2) is 17.6 Å². The van der Waals surface area contributed by atoms with Gasteiger partial charge in [-0.2, -0.15) is 0 Å². The molecule has 8 nitrogen and oxygen atoms in total. The summed E-state index contributed by atoms with van der Waals surface area (Å²) in [6, 6.07) is 13.3. The fraction of sp³-hybridized carbons (Fsp3) is 0.391. The molecule has 0 aliphatic carbocycles. The number of nitrogens with zero attached hydrogens (tertiary/aromatic N) is 2. The Bertz CT molecular complexity index is 930. The summed E-state index contributed by atoms with van der Waals surface area (Å²) < 4.78 is 21.0. The number of oxime groups is 1. The minimum Gasteiger partial charge on any atom is -0.497 e. The zero-order valence-corrected chi connectivity index (χ0v) is 18.3. The molecule has 1 amide bonds. The van der Waals surface area contributed by atoms with Crippen LogP contribution >= 0.6 is 0 Å². The molecule has 0 fully saturated rings. The SMILES string of the molecule is COCC(=O)N(Cc1cccc(OC)c1)C[C@H]1CC(c2ccc(OC)c(OC)c2)=NO1. The van der Waals surface area contributed by atoms with Gasteiger partial charge in [0.05, 0.1) is 33.6 Å². The fourth-order valence-corrected chi connectivity index (χ4v) is 3.42. The summed E-state index contributed by atoms with van der Waals surface area (Å²) in [5, 5.41) is 4.24. The first-order valence-corrected chi connectivity index (χ1v) is 9.92. The van der Waals surface area contributed by atoms with Crippen molar-refractivity contribution in [2.45, 2.75) is 19.1 Å². The van der Waals surface area contributed by atoms with Crippen LogP contribution in [0.15, 0.2) is 47.6 Å². The summed E-state index contributed by atoms with van der Waals surface area (Å²) in [6.45, 7) is 0.810. The Kier molecular flexibility index (Phi) is 7.72. The highest BCUT2D eigenvalue weighted by Crippen LogP contribution is 2.29. The number of carbonyl (C=O) groups excluding carboxylic acids is 1. The Morgan fingerprint density at radius 1 is 1.06 bits per heavy atom. The Labute approximate surface area is 182 Å². The van der Waals surface area contributed by atoms with Crippen LogP contribution in [0.4, 0.5) is 0 Å². The van der Waals surface area contributed by atoms with Gasteiger partial charge in [0.1, 0.15) is 12.4 Å². The zero-order chi connectivity index (χ0) is 22.2. The summed E-state index contributed by atoms with van der Waals surface area (Å²) in [7, 11) is 6.31. The second-order valence-corrected chi connectivity index (χ2v) is 7.10. The van der Waals surface area contributed by atoms with Crippen molar-refractivity contribution in [3.63, 3.8) is 0 Å². The normalized spacial score (nSPS) is 15.1. The van der Waals surface area contributed by atoms with Crippen LogP contribution in [0.5, 0.6) is 17.2 Å². The predicted octanol–water partition coefficient (Wildman–Crippen LogP) is 2.88. The molecule has 0 saturated heterocycles. The average Bonchev–Trinajstić information content (AvgIpc) is 3.27. The second kappa shape index (κ2) is 10.7. The lowest BCUT2D eigenvalue weighted by Crippen LogP contribution is -2.39. The van der Waals surface area contributed by atoms with Crippen LogP contribution in [0.2, 0.25) is 0 Å². The van der Waals surface area contributed by atoms with Gasteiger partial charge in [0.2, 0.25) is 5.91 Å². The molecule has 8 heteroatoms. The molecule has 1 aliphatic heterocycles. The summed E-state index contributed by atoms with van der Waals surface area (Å²) in [4.78, 5) is 20.0. The molecule has 0 spiro atoms. The van der Waals surface area contributed by atoms with Crippen molar-refractivity contribution in [1.82, 2.24) is 4.90 Å². The molecular weight excluding hydrogens is 400 g/mol. The number of hydrogen-bond donors (Lipinski definition) is 0. The van der Waals surface area contributed by atoms with E-state index >= 15 is 0 Å². The van der Waals surface area contributed by atoms with Crippen molar-refractivity contribution < 1.29 is 28.6 Å². The van der Waals surface area contributed by atoms with Gasteiger partial charge >= 0.3 is 0 Å². The van der Waals surface area contributed by atoms with E-state index in [0.717, 1.165) is 22.6 Å². The number of rotatable bonds is 10. The van der Waals surface area contributed by atoms with Crippen molar-refractivity contribution in [3.05, 3.63) is 53.6 Å². The number of benzene rings is 2. The Balaban J connectivity index is 1.69. The maximum absolute atomic E-state index is 12.6. The smallest absolute Gasteiger partial charge is 0.248 e. The van der Waals surface area contributed by atoms with Crippen molar-refractivity contribution in [3.8, 4) is 17.2 Å². The first-order valence-electron chi connectivity index (χ1n) is 9.92. The Morgan fingerprint density at radius 3 is 2.58 bits per heavy atom. The van der Waals surface area contributed by atoms with Crippen LogP contribution in [-0.4, -0.2) is 64.2 Å². The number of amides is 1. The monoisotopic (exact) mass is 428 g/mol. The molecule has 0 bridgehead atoms. The first kappa shape index (κ1) is 22.4. The van der Waals surface area contributed by atoms with Gasteiger partial charge in [0, 0.05) is 25.6 Å². The molecule has 2 aromatic carbocycles. The van der Waals surface area contributed by atoms with Gasteiger partial charge in [-0.25, -0.2) is 0 Å². The lowest BCUT2D eigenvalue weighted by atomic mass is 10.0. The molecule has 0 saturated carbocycles. The van der Waals surface area contributed by atoms with Gasteiger partial charge in [-0.15, -0.1) is 0 Å². The van der Waals surface area contributed by atoms with Gasteiger partial charge in [-0.1, -0.05) is 17.3 Å². The van der Waals surface area contributed by atoms with E-state index in [1.54, 1.807) is 26.2 Å². The quantitative estimate of drug-likeness (QED) is 0.579. The van der Waals surface area contributed by atoms with Gasteiger partial charge in [-0.3, -0.25) is 4.79 Å². The van der Waals surface area contributed by atoms with E-state index in [1.807, 2.05) is 42.5 Å². The molecule has 2 aromatic rings. The molecule has 1 heterocycles. The highest BCUT2D eigenvalue weighted by atomic mass is 16.6. The maximum atomic E-state index is 12.6. The van der Waals surface area contributed by atoms with Crippen LogP contribution < -0.4 is 14.2 Å². The van der Waals surface area contributed by atoms with Crippen LogP contribution in [0.25, 0.3) is 0 Å². The third kappa shape index (κ3) is 5.67. The van der Waals surface area contributed by atoms with E-state index in [0.29, 0.717) is 31.0 Å². The van der Waals surface area contributed by atoms with E-state index in [1.165, 1.54) is 7.11 Å². The molecule has 0 unspecified atom stereocenters. The zero-order valence-electron chi connectivity index (χ0n) is 18.3. The summed E-state index contributed by atoms with van der Waals surface area (Å²) in [5.41, 5.74) is 2.65. The minimum absolute atomic E-state index is 0.0000809. The predicted molar refractivity (Wildman–Crippen MR) is 116 cm³/mol. The fourth-order valence-electron chi connectivity index (χ4n) is 3.42. The molecule has 1 atom stereocenters. The van der Waals surface area contributed by atoms with E-state index in [9.17, 15) is 4.79 Å². The first-order chi connectivity index (χ1) is 15.1. The number of methoxy groups -OCH3 is 4. The van der Waals surface area contributed by atoms with Crippen LogP contribution in [0.1, 0.15) is 17.5 Å². The molecule has 0 N–H and O–H groups in total. The molecular formula is C23H28N2O6. The van der Waals surface area contributed by atoms with Crippen molar-refractivity contribution in [2.24, 2.45) is 5.16 Å². The molecule has 166 valence electrons.